The minimum atomic E-state index is -0.0304. The molecule has 0 aromatic heterocycles. The minimum absolute atomic E-state index is 0.0265. The van der Waals surface area contributed by atoms with Gasteiger partial charge in [0.1, 0.15) is 0 Å². The maximum Gasteiger partial charge on any atom is 0.224 e. The second-order valence-corrected chi connectivity index (χ2v) is 5.16. The molecule has 0 bridgehead atoms. The molecule has 5 heteroatoms. The van der Waals surface area contributed by atoms with Gasteiger partial charge in [-0.1, -0.05) is 13.0 Å². The van der Waals surface area contributed by atoms with Gasteiger partial charge in [-0.15, -0.1) is 0 Å². The Kier molecular flexibility index (Phi) is 4.74. The normalized spacial score (nSPS) is 14.5. The molecule has 1 fully saturated rings. The molecule has 1 aromatic rings. The van der Waals surface area contributed by atoms with Gasteiger partial charge in [0.25, 0.3) is 0 Å². The molecule has 0 atom stereocenters. The zero-order valence-electron chi connectivity index (χ0n) is 12.0. The van der Waals surface area contributed by atoms with Crippen LogP contribution in [0.3, 0.4) is 0 Å². The number of carbonyl (C=O) groups is 2. The first-order chi connectivity index (χ1) is 9.60. The molecule has 1 heterocycles. The summed E-state index contributed by atoms with van der Waals surface area (Å²) in [5, 5.41) is 8.91. The second-order valence-electron chi connectivity index (χ2n) is 5.16. The largest absolute Gasteiger partial charge is 0.326 e. The molecule has 0 spiro atoms. The van der Waals surface area contributed by atoms with E-state index < -0.39 is 0 Å². The monoisotopic (exact) mass is 275 g/mol. The molecule has 0 aliphatic carbocycles. The van der Waals surface area contributed by atoms with Gasteiger partial charge in [-0.05, 0) is 43.6 Å². The lowest BCUT2D eigenvalue weighted by Gasteiger charge is -2.26. The smallest absolute Gasteiger partial charge is 0.224 e. The van der Waals surface area contributed by atoms with E-state index in [9.17, 15) is 9.59 Å². The van der Waals surface area contributed by atoms with Crippen LogP contribution in [-0.4, -0.2) is 24.9 Å². The van der Waals surface area contributed by atoms with E-state index in [2.05, 4.69) is 16.0 Å². The summed E-state index contributed by atoms with van der Waals surface area (Å²) in [4.78, 5) is 23.4. The van der Waals surface area contributed by atoms with Crippen molar-refractivity contribution < 1.29 is 9.59 Å². The van der Waals surface area contributed by atoms with Crippen LogP contribution in [-0.2, 0) is 9.59 Å². The molecule has 2 amide bonds. The van der Waals surface area contributed by atoms with Crippen molar-refractivity contribution in [1.82, 2.24) is 5.32 Å². The van der Waals surface area contributed by atoms with Gasteiger partial charge in [0.15, 0.2) is 0 Å². The number of benzene rings is 1. The number of carbonyl (C=O) groups excluding carboxylic acids is 2. The van der Waals surface area contributed by atoms with Gasteiger partial charge < -0.3 is 16.0 Å². The average Bonchev–Trinajstić information content (AvgIpc) is 2.38. The maximum absolute atomic E-state index is 11.9. The van der Waals surface area contributed by atoms with Crippen molar-refractivity contribution in [2.45, 2.75) is 26.7 Å². The van der Waals surface area contributed by atoms with E-state index >= 15 is 0 Å². The fourth-order valence-electron chi connectivity index (χ4n) is 2.10. The minimum Gasteiger partial charge on any atom is -0.326 e. The maximum atomic E-state index is 11.9. The van der Waals surface area contributed by atoms with E-state index in [1.165, 1.54) is 0 Å². The van der Waals surface area contributed by atoms with Crippen LogP contribution in [0.5, 0.6) is 0 Å². The van der Waals surface area contributed by atoms with E-state index in [0.717, 1.165) is 30.0 Å². The zero-order valence-corrected chi connectivity index (χ0v) is 12.0. The standard InChI is InChI=1S/C15H21N3O2/c1-3-14(19)17-12-5-4-6-13(10(12)2)18-15(20)7-11-8-16-9-11/h4-6,11,16H,3,7-9H2,1-2H3,(H,17,19)(H,18,20). The molecule has 0 unspecified atom stereocenters. The Morgan fingerprint density at radius 2 is 1.80 bits per heavy atom. The molecule has 5 nitrogen and oxygen atoms in total. The van der Waals surface area contributed by atoms with Crippen molar-refractivity contribution in [2.75, 3.05) is 23.7 Å². The Labute approximate surface area is 119 Å². The zero-order chi connectivity index (χ0) is 14.5. The number of anilines is 2. The highest BCUT2D eigenvalue weighted by atomic mass is 16.2. The third-order valence-corrected chi connectivity index (χ3v) is 3.54. The summed E-state index contributed by atoms with van der Waals surface area (Å²) in [5.74, 6) is 0.439. The van der Waals surface area contributed by atoms with Gasteiger partial charge >= 0.3 is 0 Å². The highest BCUT2D eigenvalue weighted by molar-refractivity contribution is 5.95. The third kappa shape index (κ3) is 3.57. The van der Waals surface area contributed by atoms with Crippen molar-refractivity contribution in [3.8, 4) is 0 Å². The molecule has 1 aromatic carbocycles. The molecular weight excluding hydrogens is 254 g/mol. The predicted octanol–water partition coefficient (Wildman–Crippen LogP) is 1.89. The quantitative estimate of drug-likeness (QED) is 0.768. The summed E-state index contributed by atoms with van der Waals surface area (Å²) in [6, 6.07) is 5.53. The fourth-order valence-corrected chi connectivity index (χ4v) is 2.10. The van der Waals surface area contributed by atoms with Crippen molar-refractivity contribution in [3.63, 3.8) is 0 Å². The van der Waals surface area contributed by atoms with E-state index in [-0.39, 0.29) is 11.8 Å². The Morgan fingerprint density at radius 1 is 1.20 bits per heavy atom. The number of hydrogen-bond donors (Lipinski definition) is 3. The first-order valence-electron chi connectivity index (χ1n) is 7.00. The van der Waals surface area contributed by atoms with E-state index in [0.29, 0.717) is 18.8 Å². The Morgan fingerprint density at radius 3 is 2.30 bits per heavy atom. The number of nitrogens with one attached hydrogen (secondary N) is 3. The van der Waals surface area contributed by atoms with E-state index in [1.54, 1.807) is 0 Å². The van der Waals surface area contributed by atoms with Crippen LogP contribution in [0.1, 0.15) is 25.3 Å². The summed E-state index contributed by atoms with van der Waals surface area (Å²) in [6.45, 7) is 5.53. The molecule has 1 aliphatic rings. The van der Waals surface area contributed by atoms with E-state index in [4.69, 9.17) is 0 Å². The Bertz CT molecular complexity index is 510. The van der Waals surface area contributed by atoms with Crippen LogP contribution in [0.15, 0.2) is 18.2 Å². The SMILES string of the molecule is CCC(=O)Nc1cccc(NC(=O)CC2CNC2)c1C. The van der Waals surface area contributed by atoms with Gasteiger partial charge in [0.2, 0.25) is 11.8 Å². The molecule has 1 saturated heterocycles. The van der Waals surface area contributed by atoms with Crippen molar-refractivity contribution in [1.29, 1.82) is 0 Å². The number of hydrogen-bond acceptors (Lipinski definition) is 3. The molecule has 1 aliphatic heterocycles. The summed E-state index contributed by atoms with van der Waals surface area (Å²) < 4.78 is 0. The van der Waals surface area contributed by atoms with Gasteiger partial charge in [-0.25, -0.2) is 0 Å². The lowest BCUT2D eigenvalue weighted by atomic mass is 9.99. The van der Waals surface area contributed by atoms with Crippen LogP contribution in [0, 0.1) is 12.8 Å². The summed E-state index contributed by atoms with van der Waals surface area (Å²) >= 11 is 0. The average molecular weight is 275 g/mol. The first-order valence-corrected chi connectivity index (χ1v) is 7.00. The lowest BCUT2D eigenvalue weighted by molar-refractivity contribution is -0.117. The van der Waals surface area contributed by atoms with Gasteiger partial charge in [-0.3, -0.25) is 9.59 Å². The van der Waals surface area contributed by atoms with Crippen LogP contribution in [0.2, 0.25) is 0 Å². The van der Waals surface area contributed by atoms with Gasteiger partial charge in [0, 0.05) is 24.2 Å². The summed E-state index contributed by atoms with van der Waals surface area (Å²) in [5.41, 5.74) is 2.39. The Hall–Kier alpha value is -1.88. The molecule has 108 valence electrons. The summed E-state index contributed by atoms with van der Waals surface area (Å²) in [7, 11) is 0. The molecule has 20 heavy (non-hydrogen) atoms. The lowest BCUT2D eigenvalue weighted by Crippen LogP contribution is -2.43. The van der Waals surface area contributed by atoms with Crippen LogP contribution in [0.25, 0.3) is 0 Å². The highest BCUT2D eigenvalue weighted by Crippen LogP contribution is 2.24. The first kappa shape index (κ1) is 14.5. The van der Waals surface area contributed by atoms with Crippen molar-refractivity contribution >= 4 is 23.2 Å². The van der Waals surface area contributed by atoms with Crippen LogP contribution < -0.4 is 16.0 Å². The van der Waals surface area contributed by atoms with E-state index in [1.807, 2.05) is 32.0 Å². The molecule has 2 rings (SSSR count). The van der Waals surface area contributed by atoms with Gasteiger partial charge in [-0.2, -0.15) is 0 Å². The predicted molar refractivity (Wildman–Crippen MR) is 79.7 cm³/mol. The molecule has 0 radical (unpaired) electrons. The van der Waals surface area contributed by atoms with Crippen LogP contribution >= 0.6 is 0 Å². The molecule has 0 saturated carbocycles. The molecular formula is C15H21N3O2. The second kappa shape index (κ2) is 6.52. The van der Waals surface area contributed by atoms with Crippen LogP contribution in [0.4, 0.5) is 11.4 Å². The topological polar surface area (TPSA) is 70.2 Å². The Balaban J connectivity index is 2.01. The third-order valence-electron chi connectivity index (χ3n) is 3.54. The fraction of sp³-hybridized carbons (Fsp3) is 0.467. The highest BCUT2D eigenvalue weighted by Gasteiger charge is 2.20. The van der Waals surface area contributed by atoms with Gasteiger partial charge in [0.05, 0.1) is 0 Å². The number of amides is 2. The van der Waals surface area contributed by atoms with Crippen molar-refractivity contribution in [3.05, 3.63) is 23.8 Å². The summed E-state index contributed by atoms with van der Waals surface area (Å²) in [6.07, 6.45) is 0.975. The van der Waals surface area contributed by atoms with Crippen molar-refractivity contribution in [2.24, 2.45) is 5.92 Å². The number of rotatable bonds is 5. The molecule has 3 N–H and O–H groups in total.